The number of nitrogens with one attached hydrogen (secondary N) is 1. The molecule has 1 atom stereocenters. The van der Waals surface area contributed by atoms with Crippen LogP contribution in [-0.4, -0.2) is 29.7 Å². The molecule has 5 heteroatoms. The van der Waals surface area contributed by atoms with Crippen LogP contribution in [0.5, 0.6) is 0 Å². The van der Waals surface area contributed by atoms with E-state index in [0.29, 0.717) is 24.3 Å². The van der Waals surface area contributed by atoms with Gasteiger partial charge in [-0.05, 0) is 37.5 Å². The number of carboxylic acids is 1. The van der Waals surface area contributed by atoms with Crippen molar-refractivity contribution in [2.75, 3.05) is 11.9 Å². The number of rotatable bonds is 4. The zero-order chi connectivity index (χ0) is 13.8. The van der Waals surface area contributed by atoms with Crippen LogP contribution >= 0.6 is 0 Å². The maximum absolute atomic E-state index is 11.9. The summed E-state index contributed by atoms with van der Waals surface area (Å²) >= 11 is 0. The highest BCUT2D eigenvalue weighted by molar-refractivity contribution is 5.96. The molecular formula is C14H17NO4. The van der Waals surface area contributed by atoms with Gasteiger partial charge >= 0.3 is 5.97 Å². The van der Waals surface area contributed by atoms with Crippen LogP contribution in [0.2, 0.25) is 0 Å². The van der Waals surface area contributed by atoms with E-state index in [4.69, 9.17) is 9.84 Å². The van der Waals surface area contributed by atoms with Crippen molar-refractivity contribution in [1.29, 1.82) is 0 Å². The Morgan fingerprint density at radius 1 is 1.47 bits per heavy atom. The number of ether oxygens (including phenoxy) is 1. The summed E-state index contributed by atoms with van der Waals surface area (Å²) in [4.78, 5) is 22.9. The van der Waals surface area contributed by atoms with Crippen molar-refractivity contribution in [3.05, 3.63) is 29.3 Å². The Bertz CT molecular complexity index is 492. The van der Waals surface area contributed by atoms with Crippen LogP contribution in [0.15, 0.2) is 18.2 Å². The third kappa shape index (κ3) is 3.32. The second-order valence-electron chi connectivity index (χ2n) is 4.67. The SMILES string of the molecule is Cc1c(NC(=O)CC2CCCO2)cccc1C(=O)O. The van der Waals surface area contributed by atoms with E-state index in [1.807, 2.05) is 0 Å². The zero-order valence-corrected chi connectivity index (χ0v) is 10.8. The van der Waals surface area contributed by atoms with E-state index in [9.17, 15) is 9.59 Å². The number of carbonyl (C=O) groups is 2. The van der Waals surface area contributed by atoms with Gasteiger partial charge in [-0.3, -0.25) is 4.79 Å². The fourth-order valence-electron chi connectivity index (χ4n) is 2.22. The molecule has 1 aromatic carbocycles. The molecule has 1 aliphatic rings. The molecule has 1 saturated heterocycles. The fourth-order valence-corrected chi connectivity index (χ4v) is 2.22. The largest absolute Gasteiger partial charge is 0.478 e. The van der Waals surface area contributed by atoms with Gasteiger partial charge in [0.15, 0.2) is 0 Å². The number of benzene rings is 1. The number of hydrogen-bond donors (Lipinski definition) is 2. The van der Waals surface area contributed by atoms with Crippen molar-refractivity contribution in [3.63, 3.8) is 0 Å². The summed E-state index contributed by atoms with van der Waals surface area (Å²) in [5, 5.41) is 11.8. The van der Waals surface area contributed by atoms with E-state index in [1.165, 1.54) is 6.07 Å². The van der Waals surface area contributed by atoms with Crippen LogP contribution < -0.4 is 5.32 Å². The number of anilines is 1. The molecule has 5 nitrogen and oxygen atoms in total. The monoisotopic (exact) mass is 263 g/mol. The Labute approximate surface area is 111 Å². The highest BCUT2D eigenvalue weighted by atomic mass is 16.5. The van der Waals surface area contributed by atoms with Gasteiger partial charge in [0, 0.05) is 12.3 Å². The predicted octanol–water partition coefficient (Wildman–Crippen LogP) is 2.20. The maximum Gasteiger partial charge on any atom is 0.336 e. The molecule has 0 saturated carbocycles. The van der Waals surface area contributed by atoms with Gasteiger partial charge < -0.3 is 15.2 Å². The second kappa shape index (κ2) is 5.84. The van der Waals surface area contributed by atoms with Crippen LogP contribution in [-0.2, 0) is 9.53 Å². The van der Waals surface area contributed by atoms with Crippen LogP contribution in [0.4, 0.5) is 5.69 Å². The molecule has 1 amide bonds. The normalized spacial score (nSPS) is 18.3. The lowest BCUT2D eigenvalue weighted by atomic mass is 10.1. The molecule has 1 aliphatic heterocycles. The summed E-state index contributed by atoms with van der Waals surface area (Å²) in [7, 11) is 0. The first-order chi connectivity index (χ1) is 9.08. The third-order valence-electron chi connectivity index (χ3n) is 3.28. The predicted molar refractivity (Wildman–Crippen MR) is 70.4 cm³/mol. The van der Waals surface area contributed by atoms with Crippen molar-refractivity contribution in [1.82, 2.24) is 0 Å². The van der Waals surface area contributed by atoms with Gasteiger partial charge in [-0.1, -0.05) is 6.07 Å². The van der Waals surface area contributed by atoms with E-state index in [-0.39, 0.29) is 17.6 Å². The molecule has 2 rings (SSSR count). The lowest BCUT2D eigenvalue weighted by molar-refractivity contribution is -0.118. The zero-order valence-electron chi connectivity index (χ0n) is 10.8. The van der Waals surface area contributed by atoms with Gasteiger partial charge in [-0.15, -0.1) is 0 Å². The lowest BCUT2D eigenvalue weighted by Gasteiger charge is -2.12. The first-order valence-corrected chi connectivity index (χ1v) is 6.32. The van der Waals surface area contributed by atoms with Crippen molar-refractivity contribution < 1.29 is 19.4 Å². The van der Waals surface area contributed by atoms with Crippen LogP contribution in [0.3, 0.4) is 0 Å². The minimum atomic E-state index is -0.993. The number of carbonyl (C=O) groups excluding carboxylic acids is 1. The average Bonchev–Trinajstić information content (AvgIpc) is 2.84. The van der Waals surface area contributed by atoms with E-state index in [0.717, 1.165) is 12.8 Å². The van der Waals surface area contributed by atoms with Crippen molar-refractivity contribution >= 4 is 17.6 Å². The van der Waals surface area contributed by atoms with Crippen LogP contribution in [0, 0.1) is 6.92 Å². The average molecular weight is 263 g/mol. The summed E-state index contributed by atoms with van der Waals surface area (Å²) in [5.41, 5.74) is 1.31. The molecule has 0 radical (unpaired) electrons. The number of aromatic carboxylic acids is 1. The topological polar surface area (TPSA) is 75.6 Å². The Kier molecular flexibility index (Phi) is 4.16. The number of amides is 1. The van der Waals surface area contributed by atoms with Crippen LogP contribution in [0.25, 0.3) is 0 Å². The van der Waals surface area contributed by atoms with E-state index in [2.05, 4.69) is 5.32 Å². The van der Waals surface area contributed by atoms with Gasteiger partial charge in [-0.2, -0.15) is 0 Å². The van der Waals surface area contributed by atoms with Gasteiger partial charge in [0.25, 0.3) is 0 Å². The fraction of sp³-hybridized carbons (Fsp3) is 0.429. The molecule has 19 heavy (non-hydrogen) atoms. The highest BCUT2D eigenvalue weighted by Gasteiger charge is 2.20. The van der Waals surface area contributed by atoms with Gasteiger partial charge in [0.05, 0.1) is 18.1 Å². The Morgan fingerprint density at radius 3 is 2.89 bits per heavy atom. The standard InChI is InChI=1S/C14H17NO4/c1-9-11(14(17)18)5-2-6-12(9)15-13(16)8-10-4-3-7-19-10/h2,5-6,10H,3-4,7-8H2,1H3,(H,15,16)(H,17,18). The second-order valence-corrected chi connectivity index (χ2v) is 4.67. The molecule has 0 bridgehead atoms. The summed E-state index contributed by atoms with van der Waals surface area (Å²) < 4.78 is 5.40. The first-order valence-electron chi connectivity index (χ1n) is 6.32. The quantitative estimate of drug-likeness (QED) is 0.873. The molecular weight excluding hydrogens is 246 g/mol. The smallest absolute Gasteiger partial charge is 0.336 e. The van der Waals surface area contributed by atoms with E-state index >= 15 is 0 Å². The molecule has 0 spiro atoms. The van der Waals surface area contributed by atoms with Crippen molar-refractivity contribution in [3.8, 4) is 0 Å². The highest BCUT2D eigenvalue weighted by Crippen LogP contribution is 2.21. The minimum Gasteiger partial charge on any atom is -0.478 e. The minimum absolute atomic E-state index is 0.0111. The van der Waals surface area contributed by atoms with E-state index in [1.54, 1.807) is 19.1 Å². The number of carboxylic acid groups (broad SMARTS) is 1. The summed E-state index contributed by atoms with van der Waals surface area (Å²) in [6.07, 6.45) is 2.20. The summed E-state index contributed by atoms with van der Waals surface area (Å²) in [6.45, 7) is 2.40. The molecule has 1 unspecified atom stereocenters. The molecule has 1 aromatic rings. The Morgan fingerprint density at radius 2 is 2.26 bits per heavy atom. The summed E-state index contributed by atoms with van der Waals surface area (Å²) in [5.74, 6) is -1.13. The molecule has 102 valence electrons. The molecule has 1 fully saturated rings. The Balaban J connectivity index is 2.04. The molecule has 0 aromatic heterocycles. The first kappa shape index (κ1) is 13.5. The van der Waals surface area contributed by atoms with Crippen LogP contribution in [0.1, 0.15) is 35.2 Å². The van der Waals surface area contributed by atoms with Crippen molar-refractivity contribution in [2.24, 2.45) is 0 Å². The van der Waals surface area contributed by atoms with Gasteiger partial charge in [0.1, 0.15) is 0 Å². The lowest BCUT2D eigenvalue weighted by Crippen LogP contribution is -2.20. The van der Waals surface area contributed by atoms with Crippen molar-refractivity contribution in [2.45, 2.75) is 32.3 Å². The molecule has 2 N–H and O–H groups in total. The van der Waals surface area contributed by atoms with Gasteiger partial charge in [-0.25, -0.2) is 4.79 Å². The molecule has 1 heterocycles. The third-order valence-corrected chi connectivity index (χ3v) is 3.28. The maximum atomic E-state index is 11.9. The van der Waals surface area contributed by atoms with Gasteiger partial charge in [0.2, 0.25) is 5.91 Å². The number of hydrogen-bond acceptors (Lipinski definition) is 3. The van der Waals surface area contributed by atoms with E-state index < -0.39 is 5.97 Å². The molecule has 0 aliphatic carbocycles. The summed E-state index contributed by atoms with van der Waals surface area (Å²) in [6, 6.07) is 4.85. The Hall–Kier alpha value is -1.88.